The summed E-state index contributed by atoms with van der Waals surface area (Å²) >= 11 is 9.42. The van der Waals surface area contributed by atoms with E-state index in [1.54, 1.807) is 6.20 Å². The Labute approximate surface area is 130 Å². The van der Waals surface area contributed by atoms with Gasteiger partial charge in [0.2, 0.25) is 0 Å². The first-order valence-corrected chi connectivity index (χ1v) is 7.53. The average molecular weight is 357 g/mol. The summed E-state index contributed by atoms with van der Waals surface area (Å²) in [5.74, 6) is 0. The summed E-state index contributed by atoms with van der Waals surface area (Å²) in [4.78, 5) is 12.0. The van der Waals surface area contributed by atoms with Gasteiger partial charge in [0.1, 0.15) is 4.47 Å². The summed E-state index contributed by atoms with van der Waals surface area (Å²) in [7, 11) is 0. The minimum absolute atomic E-state index is 0.129. The second kappa shape index (κ2) is 6.90. The third-order valence-corrected chi connectivity index (χ3v) is 3.98. The average Bonchev–Trinajstić information content (AvgIpc) is 2.45. The molecule has 0 radical (unpaired) electrons. The minimum atomic E-state index is -0.129. The largest absolute Gasteiger partial charge is 0.379 e. The summed E-state index contributed by atoms with van der Waals surface area (Å²) in [6, 6.07) is 7.59. The first-order valence-electron chi connectivity index (χ1n) is 6.36. The second-order valence-electron chi connectivity index (χ2n) is 4.35. The van der Waals surface area contributed by atoms with Crippen molar-refractivity contribution in [2.24, 2.45) is 0 Å². The van der Waals surface area contributed by atoms with Gasteiger partial charge < -0.3 is 5.32 Å². The second-order valence-corrected chi connectivity index (χ2v) is 5.55. The first kappa shape index (κ1) is 15.1. The lowest BCUT2D eigenvalue weighted by atomic mass is 10.2. The molecule has 6 heteroatoms. The summed E-state index contributed by atoms with van der Waals surface area (Å²) in [6.07, 6.45) is 2.52. The third kappa shape index (κ3) is 3.41. The maximum atomic E-state index is 12.0. The van der Waals surface area contributed by atoms with Crippen LogP contribution in [0.2, 0.25) is 5.02 Å². The fourth-order valence-corrected chi connectivity index (χ4v) is 2.44. The van der Waals surface area contributed by atoms with E-state index in [-0.39, 0.29) is 5.56 Å². The molecule has 0 amide bonds. The number of nitrogens with one attached hydrogen (secondary N) is 1. The van der Waals surface area contributed by atoms with Gasteiger partial charge in [0.25, 0.3) is 5.56 Å². The Kier molecular flexibility index (Phi) is 5.20. The van der Waals surface area contributed by atoms with Gasteiger partial charge >= 0.3 is 0 Å². The highest BCUT2D eigenvalue weighted by molar-refractivity contribution is 9.10. The van der Waals surface area contributed by atoms with E-state index in [0.717, 1.165) is 12.0 Å². The van der Waals surface area contributed by atoms with Crippen LogP contribution >= 0.6 is 27.5 Å². The van der Waals surface area contributed by atoms with Crippen LogP contribution in [0.5, 0.6) is 0 Å². The van der Waals surface area contributed by atoms with Gasteiger partial charge in [-0.05, 0) is 34.0 Å². The molecule has 2 rings (SSSR count). The lowest BCUT2D eigenvalue weighted by Crippen LogP contribution is -2.24. The first-order chi connectivity index (χ1) is 9.63. The molecule has 0 unspecified atom stereocenters. The number of aryl methyl sites for hydroxylation is 1. The summed E-state index contributed by atoms with van der Waals surface area (Å²) in [5.41, 5.74) is 1.51. The van der Waals surface area contributed by atoms with E-state index in [9.17, 15) is 4.79 Å². The van der Waals surface area contributed by atoms with Crippen LogP contribution in [0.4, 0.5) is 5.69 Å². The van der Waals surface area contributed by atoms with E-state index in [4.69, 9.17) is 11.6 Å². The Morgan fingerprint density at radius 3 is 2.85 bits per heavy atom. The SMILES string of the molecule is CCCn1ncc(NCc2ccccc2Cl)c(Br)c1=O. The molecule has 20 heavy (non-hydrogen) atoms. The number of hydrogen-bond acceptors (Lipinski definition) is 3. The lowest BCUT2D eigenvalue weighted by molar-refractivity contribution is 0.566. The fraction of sp³-hybridized carbons (Fsp3) is 0.286. The van der Waals surface area contributed by atoms with Crippen LogP contribution in [0.15, 0.2) is 39.7 Å². The van der Waals surface area contributed by atoms with Crippen LogP contribution < -0.4 is 10.9 Å². The van der Waals surface area contributed by atoms with E-state index < -0.39 is 0 Å². The van der Waals surface area contributed by atoms with Gasteiger partial charge in [0, 0.05) is 18.1 Å². The molecular formula is C14H15BrClN3O. The third-order valence-electron chi connectivity index (χ3n) is 2.85. The standard InChI is InChI=1S/C14H15BrClN3O/c1-2-7-19-14(20)13(15)12(9-18-19)17-8-10-5-3-4-6-11(10)16/h3-6,9,17H,2,7-8H2,1H3. The molecular weight excluding hydrogens is 342 g/mol. The van der Waals surface area contributed by atoms with Crippen LogP contribution in [-0.2, 0) is 13.1 Å². The van der Waals surface area contributed by atoms with Crippen molar-refractivity contribution in [1.82, 2.24) is 9.78 Å². The van der Waals surface area contributed by atoms with Crippen LogP contribution in [0.25, 0.3) is 0 Å². The maximum absolute atomic E-state index is 12.0. The number of anilines is 1. The Bertz CT molecular complexity index is 657. The highest BCUT2D eigenvalue weighted by atomic mass is 79.9. The van der Waals surface area contributed by atoms with E-state index in [1.807, 2.05) is 31.2 Å². The molecule has 1 heterocycles. The number of rotatable bonds is 5. The molecule has 106 valence electrons. The highest BCUT2D eigenvalue weighted by Gasteiger charge is 2.08. The van der Waals surface area contributed by atoms with Gasteiger partial charge in [-0.3, -0.25) is 4.79 Å². The van der Waals surface area contributed by atoms with Crippen molar-refractivity contribution in [2.75, 3.05) is 5.32 Å². The van der Waals surface area contributed by atoms with Gasteiger partial charge in [0.15, 0.2) is 0 Å². The van der Waals surface area contributed by atoms with E-state index in [1.165, 1.54) is 4.68 Å². The van der Waals surface area contributed by atoms with Crippen molar-refractivity contribution in [3.63, 3.8) is 0 Å². The van der Waals surface area contributed by atoms with Crippen LogP contribution in [-0.4, -0.2) is 9.78 Å². The molecule has 1 N–H and O–H groups in total. The predicted molar refractivity (Wildman–Crippen MR) is 85.3 cm³/mol. The van der Waals surface area contributed by atoms with Crippen molar-refractivity contribution >= 4 is 33.2 Å². The smallest absolute Gasteiger partial charge is 0.283 e. The number of nitrogens with zero attached hydrogens (tertiary/aromatic N) is 2. The van der Waals surface area contributed by atoms with Crippen molar-refractivity contribution in [2.45, 2.75) is 26.4 Å². The number of benzene rings is 1. The Balaban J connectivity index is 2.17. The van der Waals surface area contributed by atoms with E-state index >= 15 is 0 Å². The van der Waals surface area contributed by atoms with E-state index in [0.29, 0.717) is 28.3 Å². The van der Waals surface area contributed by atoms with E-state index in [2.05, 4.69) is 26.3 Å². The topological polar surface area (TPSA) is 46.9 Å². The van der Waals surface area contributed by atoms with Gasteiger partial charge in [-0.15, -0.1) is 0 Å². The molecule has 0 atom stereocenters. The maximum Gasteiger partial charge on any atom is 0.283 e. The molecule has 0 aliphatic carbocycles. The summed E-state index contributed by atoms with van der Waals surface area (Å²) in [5, 5.41) is 8.01. The van der Waals surface area contributed by atoms with Gasteiger partial charge in [-0.2, -0.15) is 5.10 Å². The van der Waals surface area contributed by atoms with Crippen LogP contribution in [0.3, 0.4) is 0 Å². The quantitative estimate of drug-likeness (QED) is 0.889. The molecule has 0 aliphatic rings. The van der Waals surface area contributed by atoms with Crippen molar-refractivity contribution in [3.05, 3.63) is 55.9 Å². The molecule has 1 aromatic carbocycles. The normalized spacial score (nSPS) is 10.6. The van der Waals surface area contributed by atoms with Crippen molar-refractivity contribution in [3.8, 4) is 0 Å². The highest BCUT2D eigenvalue weighted by Crippen LogP contribution is 2.20. The minimum Gasteiger partial charge on any atom is -0.379 e. The molecule has 0 bridgehead atoms. The van der Waals surface area contributed by atoms with Crippen LogP contribution in [0.1, 0.15) is 18.9 Å². The zero-order chi connectivity index (χ0) is 14.5. The molecule has 0 spiro atoms. The Morgan fingerprint density at radius 1 is 1.40 bits per heavy atom. The molecule has 0 saturated carbocycles. The molecule has 0 fully saturated rings. The summed E-state index contributed by atoms with van der Waals surface area (Å²) < 4.78 is 1.94. The molecule has 4 nitrogen and oxygen atoms in total. The molecule has 0 saturated heterocycles. The lowest BCUT2D eigenvalue weighted by Gasteiger charge is -2.10. The Hall–Kier alpha value is -1.33. The van der Waals surface area contributed by atoms with Crippen molar-refractivity contribution < 1.29 is 0 Å². The van der Waals surface area contributed by atoms with Crippen LogP contribution in [0, 0.1) is 0 Å². The van der Waals surface area contributed by atoms with Gasteiger partial charge in [-0.25, -0.2) is 4.68 Å². The van der Waals surface area contributed by atoms with Gasteiger partial charge in [-0.1, -0.05) is 36.7 Å². The number of aromatic nitrogens is 2. The number of hydrogen-bond donors (Lipinski definition) is 1. The molecule has 2 aromatic rings. The zero-order valence-corrected chi connectivity index (χ0v) is 13.4. The Morgan fingerprint density at radius 2 is 2.15 bits per heavy atom. The van der Waals surface area contributed by atoms with Crippen molar-refractivity contribution in [1.29, 1.82) is 0 Å². The zero-order valence-electron chi connectivity index (χ0n) is 11.1. The predicted octanol–water partition coefficient (Wildman–Crippen LogP) is 3.68. The molecule has 1 aromatic heterocycles. The fourth-order valence-electron chi connectivity index (χ4n) is 1.79. The molecule has 0 aliphatic heterocycles. The number of halogens is 2. The monoisotopic (exact) mass is 355 g/mol. The van der Waals surface area contributed by atoms with Gasteiger partial charge in [0.05, 0.1) is 11.9 Å². The summed E-state index contributed by atoms with van der Waals surface area (Å²) in [6.45, 7) is 3.16.